The van der Waals surface area contributed by atoms with E-state index in [9.17, 15) is 0 Å². The minimum absolute atomic E-state index is 0.532. The van der Waals surface area contributed by atoms with E-state index in [4.69, 9.17) is 5.73 Å². The van der Waals surface area contributed by atoms with Crippen LogP contribution < -0.4 is 11.1 Å². The molecule has 0 saturated heterocycles. The van der Waals surface area contributed by atoms with E-state index in [1.54, 1.807) is 0 Å². The fourth-order valence-electron chi connectivity index (χ4n) is 3.37. The zero-order valence-electron chi connectivity index (χ0n) is 10.4. The van der Waals surface area contributed by atoms with Crippen molar-refractivity contribution in [3.05, 3.63) is 0 Å². The molecule has 3 aliphatic rings. The third kappa shape index (κ3) is 2.28. The van der Waals surface area contributed by atoms with Crippen LogP contribution in [-0.2, 0) is 0 Å². The molecule has 2 heteroatoms. The predicted molar refractivity (Wildman–Crippen MR) is 67.2 cm³/mol. The molecular formula is C14H26N2. The average Bonchev–Trinajstić information content (AvgIpc) is 3.10. The Morgan fingerprint density at radius 3 is 2.12 bits per heavy atom. The Morgan fingerprint density at radius 2 is 1.75 bits per heavy atom. The molecule has 0 aromatic heterocycles. The first-order chi connectivity index (χ1) is 7.83. The summed E-state index contributed by atoms with van der Waals surface area (Å²) in [7, 11) is 0. The van der Waals surface area contributed by atoms with Gasteiger partial charge in [-0.1, -0.05) is 6.42 Å². The minimum atomic E-state index is 0.532. The fraction of sp³-hybridized carbons (Fsp3) is 1.00. The molecule has 0 spiro atoms. The molecule has 0 amide bonds. The molecule has 0 atom stereocenters. The highest BCUT2D eigenvalue weighted by molar-refractivity contribution is 4.97. The SMILES string of the molecule is NCC1(CCNC(C2CC2)C2CC2)CCC1. The Hall–Kier alpha value is -0.0800. The fourth-order valence-corrected chi connectivity index (χ4v) is 3.37. The Balaban J connectivity index is 1.41. The molecule has 3 rings (SSSR count). The normalized spacial score (nSPS) is 28.1. The van der Waals surface area contributed by atoms with Crippen molar-refractivity contribution in [3.8, 4) is 0 Å². The molecule has 0 radical (unpaired) electrons. The first-order valence-corrected chi connectivity index (χ1v) is 7.26. The van der Waals surface area contributed by atoms with Gasteiger partial charge in [0.15, 0.2) is 0 Å². The van der Waals surface area contributed by atoms with Gasteiger partial charge in [-0.3, -0.25) is 0 Å². The highest BCUT2D eigenvalue weighted by Crippen LogP contribution is 2.45. The van der Waals surface area contributed by atoms with E-state index in [1.807, 2.05) is 0 Å². The van der Waals surface area contributed by atoms with Gasteiger partial charge in [-0.25, -0.2) is 0 Å². The number of hydrogen-bond acceptors (Lipinski definition) is 2. The average molecular weight is 222 g/mol. The summed E-state index contributed by atoms with van der Waals surface area (Å²) in [6.07, 6.45) is 11.4. The summed E-state index contributed by atoms with van der Waals surface area (Å²) >= 11 is 0. The van der Waals surface area contributed by atoms with Crippen LogP contribution in [0.4, 0.5) is 0 Å². The van der Waals surface area contributed by atoms with Crippen LogP contribution in [-0.4, -0.2) is 19.1 Å². The maximum Gasteiger partial charge on any atom is 0.0124 e. The van der Waals surface area contributed by atoms with Crippen molar-refractivity contribution in [2.75, 3.05) is 13.1 Å². The zero-order valence-corrected chi connectivity index (χ0v) is 10.4. The van der Waals surface area contributed by atoms with Crippen LogP contribution in [0, 0.1) is 17.3 Å². The molecule has 0 aromatic carbocycles. The molecule has 0 unspecified atom stereocenters. The molecule has 0 bridgehead atoms. The van der Waals surface area contributed by atoms with Crippen molar-refractivity contribution in [1.82, 2.24) is 5.32 Å². The summed E-state index contributed by atoms with van der Waals surface area (Å²) in [4.78, 5) is 0. The molecule has 0 aliphatic heterocycles. The van der Waals surface area contributed by atoms with Gasteiger partial charge in [0.2, 0.25) is 0 Å². The van der Waals surface area contributed by atoms with Gasteiger partial charge in [-0.05, 0) is 75.3 Å². The first-order valence-electron chi connectivity index (χ1n) is 7.26. The number of hydrogen-bond donors (Lipinski definition) is 2. The monoisotopic (exact) mass is 222 g/mol. The summed E-state index contributed by atoms with van der Waals surface area (Å²) in [5.41, 5.74) is 6.43. The van der Waals surface area contributed by atoms with Crippen molar-refractivity contribution in [3.63, 3.8) is 0 Å². The van der Waals surface area contributed by atoms with Gasteiger partial charge < -0.3 is 11.1 Å². The second kappa shape index (κ2) is 4.30. The zero-order chi connectivity index (χ0) is 11.0. The number of rotatable bonds is 7. The van der Waals surface area contributed by atoms with E-state index in [0.29, 0.717) is 5.41 Å². The Morgan fingerprint density at radius 1 is 1.12 bits per heavy atom. The van der Waals surface area contributed by atoms with Gasteiger partial charge >= 0.3 is 0 Å². The summed E-state index contributed by atoms with van der Waals surface area (Å²) in [6, 6.07) is 0.870. The number of nitrogens with one attached hydrogen (secondary N) is 1. The van der Waals surface area contributed by atoms with Crippen LogP contribution in [0.5, 0.6) is 0 Å². The maximum atomic E-state index is 5.90. The standard InChI is InChI=1S/C14H26N2/c15-10-14(6-1-7-14)8-9-16-13(11-2-3-11)12-4-5-12/h11-13,16H,1-10,15H2. The molecule has 2 nitrogen and oxygen atoms in total. The molecule has 3 saturated carbocycles. The Bertz CT molecular complexity index is 222. The lowest BCUT2D eigenvalue weighted by molar-refractivity contribution is 0.127. The van der Waals surface area contributed by atoms with Gasteiger partial charge in [0.1, 0.15) is 0 Å². The third-order valence-electron chi connectivity index (χ3n) is 5.14. The van der Waals surface area contributed by atoms with E-state index < -0.39 is 0 Å². The van der Waals surface area contributed by atoms with Crippen LogP contribution in [0.15, 0.2) is 0 Å². The lowest BCUT2D eigenvalue weighted by Crippen LogP contribution is -2.42. The predicted octanol–water partition coefficient (Wildman–Crippen LogP) is 2.28. The van der Waals surface area contributed by atoms with E-state index in [2.05, 4.69) is 5.32 Å². The smallest absolute Gasteiger partial charge is 0.0124 e. The van der Waals surface area contributed by atoms with Crippen molar-refractivity contribution in [1.29, 1.82) is 0 Å². The maximum absolute atomic E-state index is 5.90. The molecule has 92 valence electrons. The van der Waals surface area contributed by atoms with Crippen LogP contribution in [0.2, 0.25) is 0 Å². The van der Waals surface area contributed by atoms with Crippen LogP contribution in [0.3, 0.4) is 0 Å². The van der Waals surface area contributed by atoms with Crippen LogP contribution in [0.25, 0.3) is 0 Å². The van der Waals surface area contributed by atoms with Crippen molar-refractivity contribution in [2.24, 2.45) is 23.0 Å². The summed E-state index contributed by atoms with van der Waals surface area (Å²) in [5, 5.41) is 3.85. The van der Waals surface area contributed by atoms with Crippen molar-refractivity contribution >= 4 is 0 Å². The van der Waals surface area contributed by atoms with Crippen molar-refractivity contribution in [2.45, 2.75) is 57.4 Å². The van der Waals surface area contributed by atoms with Gasteiger partial charge in [-0.2, -0.15) is 0 Å². The third-order valence-corrected chi connectivity index (χ3v) is 5.14. The van der Waals surface area contributed by atoms with Crippen LogP contribution in [0.1, 0.15) is 51.4 Å². The molecular weight excluding hydrogens is 196 g/mol. The summed E-state index contributed by atoms with van der Waals surface area (Å²) < 4.78 is 0. The molecule has 3 fully saturated rings. The largest absolute Gasteiger partial charge is 0.330 e. The van der Waals surface area contributed by atoms with Crippen molar-refractivity contribution < 1.29 is 0 Å². The first kappa shape index (κ1) is 11.0. The van der Waals surface area contributed by atoms with Gasteiger partial charge in [0, 0.05) is 6.04 Å². The lowest BCUT2D eigenvalue weighted by Gasteiger charge is -2.41. The van der Waals surface area contributed by atoms with Gasteiger partial charge in [0.25, 0.3) is 0 Å². The second-order valence-corrected chi connectivity index (χ2v) is 6.46. The van der Waals surface area contributed by atoms with E-state index >= 15 is 0 Å². The van der Waals surface area contributed by atoms with Gasteiger partial charge in [-0.15, -0.1) is 0 Å². The lowest BCUT2D eigenvalue weighted by atomic mass is 9.67. The summed E-state index contributed by atoms with van der Waals surface area (Å²) in [6.45, 7) is 2.13. The highest BCUT2D eigenvalue weighted by atomic mass is 14.9. The molecule has 3 aliphatic carbocycles. The molecule has 16 heavy (non-hydrogen) atoms. The van der Waals surface area contributed by atoms with E-state index in [0.717, 1.165) is 24.4 Å². The van der Waals surface area contributed by atoms with E-state index in [1.165, 1.54) is 57.9 Å². The molecule has 3 N–H and O–H groups in total. The summed E-state index contributed by atoms with van der Waals surface area (Å²) in [5.74, 6) is 2.06. The quantitative estimate of drug-likeness (QED) is 0.693. The Kier molecular flexibility index (Phi) is 2.97. The molecule has 0 heterocycles. The topological polar surface area (TPSA) is 38.0 Å². The second-order valence-electron chi connectivity index (χ2n) is 6.46. The molecule has 0 aromatic rings. The minimum Gasteiger partial charge on any atom is -0.330 e. The van der Waals surface area contributed by atoms with Gasteiger partial charge in [0.05, 0.1) is 0 Å². The Labute approximate surface area is 99.4 Å². The van der Waals surface area contributed by atoms with E-state index in [-0.39, 0.29) is 0 Å². The highest BCUT2D eigenvalue weighted by Gasteiger charge is 2.41. The number of nitrogens with two attached hydrogens (primary N) is 1. The van der Waals surface area contributed by atoms with Crippen LogP contribution >= 0.6 is 0 Å².